The van der Waals surface area contributed by atoms with Gasteiger partial charge >= 0.3 is 0 Å². The summed E-state index contributed by atoms with van der Waals surface area (Å²) in [5, 5.41) is 2.84. The summed E-state index contributed by atoms with van der Waals surface area (Å²) in [6.07, 6.45) is 3.03. The van der Waals surface area contributed by atoms with Gasteiger partial charge in [0.2, 0.25) is 0 Å². The van der Waals surface area contributed by atoms with Gasteiger partial charge in [0.1, 0.15) is 0 Å². The van der Waals surface area contributed by atoms with E-state index < -0.39 is 11.7 Å². The molecule has 0 radical (unpaired) electrons. The van der Waals surface area contributed by atoms with Crippen molar-refractivity contribution < 1.29 is 14.4 Å². The number of amides is 2. The number of carbonyl (C=O) groups excluding carboxylic acids is 3. The molecule has 1 N–H and O–H groups in total. The molecule has 26 heavy (non-hydrogen) atoms. The van der Waals surface area contributed by atoms with Gasteiger partial charge in [-0.05, 0) is 54.7 Å². The Kier molecular flexibility index (Phi) is 5.09. The summed E-state index contributed by atoms with van der Waals surface area (Å²) < 4.78 is 0. The molecule has 0 saturated heterocycles. The Bertz CT molecular complexity index is 906. The molecular formula is C20H19ClN2O3. The molecule has 1 aliphatic rings. The smallest absolute Gasteiger partial charge is 0.296 e. The highest BCUT2D eigenvalue weighted by atomic mass is 35.5. The number of anilines is 1. The Balaban J connectivity index is 1.78. The molecule has 0 aliphatic heterocycles. The average Bonchev–Trinajstić information content (AvgIpc) is 3.09. The first-order valence-electron chi connectivity index (χ1n) is 8.35. The molecule has 0 fully saturated rings. The maximum absolute atomic E-state index is 12.4. The summed E-state index contributed by atoms with van der Waals surface area (Å²) >= 11 is 6.06. The molecule has 0 aromatic heterocycles. The lowest BCUT2D eigenvalue weighted by Gasteiger charge is -2.13. The molecule has 134 valence electrons. The second-order valence-corrected chi connectivity index (χ2v) is 6.92. The molecule has 2 amide bonds. The van der Waals surface area contributed by atoms with E-state index in [-0.39, 0.29) is 16.5 Å². The summed E-state index contributed by atoms with van der Waals surface area (Å²) in [6, 6.07) is 9.95. The van der Waals surface area contributed by atoms with E-state index in [4.69, 9.17) is 11.6 Å². The summed E-state index contributed by atoms with van der Waals surface area (Å²) in [6.45, 7) is 0. The minimum absolute atomic E-state index is 0.263. The van der Waals surface area contributed by atoms with Crippen molar-refractivity contribution in [1.29, 1.82) is 0 Å². The third-order valence-electron chi connectivity index (χ3n) is 4.43. The number of benzene rings is 2. The molecule has 1 aliphatic carbocycles. The number of hydrogen-bond acceptors (Lipinski definition) is 3. The minimum Gasteiger partial charge on any atom is -0.345 e. The first kappa shape index (κ1) is 18.1. The van der Waals surface area contributed by atoms with Crippen molar-refractivity contribution in [3.8, 4) is 0 Å². The second-order valence-electron chi connectivity index (χ2n) is 6.51. The second kappa shape index (κ2) is 7.30. The van der Waals surface area contributed by atoms with E-state index in [1.54, 1.807) is 32.3 Å². The first-order valence-corrected chi connectivity index (χ1v) is 8.73. The van der Waals surface area contributed by atoms with Crippen LogP contribution in [0.1, 0.15) is 38.3 Å². The van der Waals surface area contributed by atoms with Crippen molar-refractivity contribution in [3.63, 3.8) is 0 Å². The van der Waals surface area contributed by atoms with Crippen LogP contribution in [-0.2, 0) is 17.6 Å². The van der Waals surface area contributed by atoms with E-state index in [0.29, 0.717) is 11.3 Å². The highest BCUT2D eigenvalue weighted by molar-refractivity contribution is 6.46. The summed E-state index contributed by atoms with van der Waals surface area (Å²) in [5.74, 6) is -1.63. The van der Waals surface area contributed by atoms with Crippen LogP contribution in [0.3, 0.4) is 0 Å². The predicted octanol–water partition coefficient (Wildman–Crippen LogP) is 3.35. The maximum atomic E-state index is 12.4. The van der Waals surface area contributed by atoms with Gasteiger partial charge in [-0.15, -0.1) is 0 Å². The third kappa shape index (κ3) is 3.63. The van der Waals surface area contributed by atoms with Crippen LogP contribution in [0.25, 0.3) is 0 Å². The number of fused-ring (bicyclic) bond motifs is 1. The highest BCUT2D eigenvalue weighted by Gasteiger charge is 2.20. The van der Waals surface area contributed by atoms with Crippen LogP contribution >= 0.6 is 11.6 Å². The maximum Gasteiger partial charge on any atom is 0.296 e. The number of carbonyl (C=O) groups is 3. The average molecular weight is 371 g/mol. The largest absolute Gasteiger partial charge is 0.345 e. The molecule has 0 saturated carbocycles. The van der Waals surface area contributed by atoms with Crippen LogP contribution in [-0.4, -0.2) is 36.6 Å². The first-order chi connectivity index (χ1) is 12.4. The van der Waals surface area contributed by atoms with Crippen LogP contribution < -0.4 is 5.32 Å². The number of nitrogens with one attached hydrogen (secondary N) is 1. The molecule has 2 aromatic carbocycles. The van der Waals surface area contributed by atoms with E-state index in [0.717, 1.165) is 24.8 Å². The lowest BCUT2D eigenvalue weighted by Crippen LogP contribution is -2.24. The van der Waals surface area contributed by atoms with Crippen LogP contribution in [0.5, 0.6) is 0 Å². The number of Topliss-reactive ketones (excluding diaryl/α,β-unsaturated/α-hetero) is 1. The molecule has 0 unspecified atom stereocenters. The lowest BCUT2D eigenvalue weighted by molar-refractivity contribution is -0.112. The third-order valence-corrected chi connectivity index (χ3v) is 4.76. The van der Waals surface area contributed by atoms with Crippen molar-refractivity contribution in [2.24, 2.45) is 0 Å². The van der Waals surface area contributed by atoms with E-state index in [2.05, 4.69) is 5.32 Å². The molecule has 0 spiro atoms. The fourth-order valence-electron chi connectivity index (χ4n) is 3.04. The van der Waals surface area contributed by atoms with Gasteiger partial charge in [-0.2, -0.15) is 0 Å². The Labute approximate surface area is 156 Å². The van der Waals surface area contributed by atoms with Crippen LogP contribution in [0, 0.1) is 0 Å². The van der Waals surface area contributed by atoms with Gasteiger partial charge in [-0.1, -0.05) is 23.7 Å². The van der Waals surface area contributed by atoms with Gasteiger partial charge in [0.05, 0.1) is 10.6 Å². The number of rotatable bonds is 4. The monoisotopic (exact) mass is 370 g/mol. The van der Waals surface area contributed by atoms with E-state index >= 15 is 0 Å². The Hall–Kier alpha value is -2.66. The van der Waals surface area contributed by atoms with Crippen molar-refractivity contribution in [2.45, 2.75) is 19.3 Å². The minimum atomic E-state index is -0.742. The van der Waals surface area contributed by atoms with E-state index in [1.165, 1.54) is 22.6 Å². The summed E-state index contributed by atoms with van der Waals surface area (Å²) in [5.41, 5.74) is 3.36. The fourth-order valence-corrected chi connectivity index (χ4v) is 3.24. The van der Waals surface area contributed by atoms with Crippen LogP contribution in [0.2, 0.25) is 5.02 Å². The van der Waals surface area contributed by atoms with Gasteiger partial charge in [-0.25, -0.2) is 0 Å². The Morgan fingerprint density at radius 3 is 2.46 bits per heavy atom. The number of aryl methyl sites for hydroxylation is 2. The topological polar surface area (TPSA) is 66.5 Å². The van der Waals surface area contributed by atoms with Gasteiger partial charge in [0, 0.05) is 25.3 Å². The van der Waals surface area contributed by atoms with E-state index in [1.807, 2.05) is 6.07 Å². The van der Waals surface area contributed by atoms with Gasteiger partial charge in [-0.3, -0.25) is 14.4 Å². The van der Waals surface area contributed by atoms with Crippen molar-refractivity contribution >= 4 is 34.9 Å². The Morgan fingerprint density at radius 1 is 1.00 bits per heavy atom. The number of ketones is 1. The zero-order chi connectivity index (χ0) is 18.8. The quantitative estimate of drug-likeness (QED) is 0.663. The van der Waals surface area contributed by atoms with Gasteiger partial charge in [0.15, 0.2) is 0 Å². The fraction of sp³-hybridized carbons (Fsp3) is 0.250. The normalized spacial score (nSPS) is 12.4. The molecule has 0 bridgehead atoms. The standard InChI is InChI=1S/C20H19ClN2O3/c1-23(2)20(26)16-11-15(8-9-17(16)21)22-19(25)18(24)14-7-6-12-4-3-5-13(12)10-14/h6-11H,3-5H2,1-2H3,(H,22,25). The van der Waals surface area contributed by atoms with Crippen molar-refractivity contribution in [2.75, 3.05) is 19.4 Å². The lowest BCUT2D eigenvalue weighted by atomic mass is 10.0. The summed E-state index contributed by atoms with van der Waals surface area (Å²) in [7, 11) is 3.22. The molecule has 2 aromatic rings. The SMILES string of the molecule is CN(C)C(=O)c1cc(NC(=O)C(=O)c2ccc3c(c2)CCC3)ccc1Cl. The molecule has 6 heteroatoms. The van der Waals surface area contributed by atoms with Crippen molar-refractivity contribution in [1.82, 2.24) is 4.90 Å². The van der Waals surface area contributed by atoms with E-state index in [9.17, 15) is 14.4 Å². The van der Waals surface area contributed by atoms with Crippen LogP contribution in [0.4, 0.5) is 5.69 Å². The zero-order valence-electron chi connectivity index (χ0n) is 14.6. The molecule has 0 atom stereocenters. The zero-order valence-corrected chi connectivity index (χ0v) is 15.4. The molecular weight excluding hydrogens is 352 g/mol. The Morgan fingerprint density at radius 2 is 1.73 bits per heavy atom. The predicted molar refractivity (Wildman–Crippen MR) is 101 cm³/mol. The number of halogens is 1. The van der Waals surface area contributed by atoms with Gasteiger partial charge in [0.25, 0.3) is 17.6 Å². The number of hydrogen-bond donors (Lipinski definition) is 1. The summed E-state index contributed by atoms with van der Waals surface area (Å²) in [4.78, 5) is 38.3. The molecule has 5 nitrogen and oxygen atoms in total. The van der Waals surface area contributed by atoms with Gasteiger partial charge < -0.3 is 10.2 Å². The van der Waals surface area contributed by atoms with Crippen molar-refractivity contribution in [3.05, 3.63) is 63.7 Å². The van der Waals surface area contributed by atoms with Crippen LogP contribution in [0.15, 0.2) is 36.4 Å². The number of nitrogens with zero attached hydrogens (tertiary/aromatic N) is 1. The highest BCUT2D eigenvalue weighted by Crippen LogP contribution is 2.24. The molecule has 3 rings (SSSR count). The molecule has 0 heterocycles.